The smallest absolute Gasteiger partial charge is 0.221 e. The number of primary amides is 1. The van der Waals surface area contributed by atoms with Crippen molar-refractivity contribution in [1.29, 1.82) is 0 Å². The molecule has 5 heteroatoms. The van der Waals surface area contributed by atoms with Gasteiger partial charge in [0.2, 0.25) is 5.91 Å². The summed E-state index contributed by atoms with van der Waals surface area (Å²) in [5.74, 6) is 0.991. The van der Waals surface area contributed by atoms with Gasteiger partial charge in [0.25, 0.3) is 0 Å². The van der Waals surface area contributed by atoms with Crippen molar-refractivity contribution in [2.75, 3.05) is 20.5 Å². The second kappa shape index (κ2) is 5.65. The highest BCUT2D eigenvalue weighted by atomic mass is 32.2. The highest BCUT2D eigenvalue weighted by Gasteiger charge is 2.12. The first kappa shape index (κ1) is 12.7. The van der Waals surface area contributed by atoms with Gasteiger partial charge < -0.3 is 15.2 Å². The number of carbonyl (C=O) groups is 1. The molecule has 16 heavy (non-hydrogen) atoms. The average Bonchev–Trinajstić information content (AvgIpc) is 2.27. The van der Waals surface area contributed by atoms with E-state index in [2.05, 4.69) is 0 Å². The first-order valence-corrected chi connectivity index (χ1v) is 5.92. The third-order valence-electron chi connectivity index (χ3n) is 2.15. The molecule has 0 unspecified atom stereocenters. The van der Waals surface area contributed by atoms with E-state index < -0.39 is 5.91 Å². The molecule has 0 radical (unpaired) electrons. The molecule has 0 aliphatic carbocycles. The van der Waals surface area contributed by atoms with Gasteiger partial charge in [0, 0.05) is 5.56 Å². The maximum Gasteiger partial charge on any atom is 0.221 e. The van der Waals surface area contributed by atoms with E-state index in [9.17, 15) is 4.79 Å². The van der Waals surface area contributed by atoms with Gasteiger partial charge >= 0.3 is 0 Å². The second-order valence-electron chi connectivity index (χ2n) is 3.16. The Morgan fingerprint density at radius 3 is 2.38 bits per heavy atom. The maximum absolute atomic E-state index is 10.9. The highest BCUT2D eigenvalue weighted by Crippen LogP contribution is 2.34. The maximum atomic E-state index is 10.9. The summed E-state index contributed by atoms with van der Waals surface area (Å²) in [5, 5.41) is 0. The van der Waals surface area contributed by atoms with Crippen molar-refractivity contribution < 1.29 is 14.3 Å². The van der Waals surface area contributed by atoms with Gasteiger partial charge in [-0.2, -0.15) is 0 Å². The first-order chi connectivity index (χ1) is 7.62. The van der Waals surface area contributed by atoms with E-state index in [0.717, 1.165) is 16.2 Å². The van der Waals surface area contributed by atoms with Crippen molar-refractivity contribution in [3.63, 3.8) is 0 Å². The lowest BCUT2D eigenvalue weighted by Gasteiger charge is -2.12. The quantitative estimate of drug-likeness (QED) is 0.793. The van der Waals surface area contributed by atoms with E-state index in [1.165, 1.54) is 0 Å². The second-order valence-corrected chi connectivity index (χ2v) is 4.01. The summed E-state index contributed by atoms with van der Waals surface area (Å²) in [7, 11) is 3.16. The number of nitrogens with two attached hydrogens (primary N) is 1. The van der Waals surface area contributed by atoms with Gasteiger partial charge in [-0.25, -0.2) is 0 Å². The summed E-state index contributed by atoms with van der Waals surface area (Å²) >= 11 is 1.56. The van der Waals surface area contributed by atoms with Crippen LogP contribution in [0, 0.1) is 0 Å². The predicted octanol–water partition coefficient (Wildman–Crippen LogP) is 1.45. The molecule has 88 valence electrons. The first-order valence-electron chi connectivity index (χ1n) is 4.69. The molecule has 0 aliphatic heterocycles. The Morgan fingerprint density at radius 2 is 1.94 bits per heavy atom. The molecule has 0 saturated carbocycles. The Hall–Kier alpha value is -1.36. The van der Waals surface area contributed by atoms with Gasteiger partial charge in [0.05, 0.1) is 25.5 Å². The van der Waals surface area contributed by atoms with Crippen LogP contribution in [0.25, 0.3) is 0 Å². The van der Waals surface area contributed by atoms with Gasteiger partial charge in [-0.15, -0.1) is 11.8 Å². The van der Waals surface area contributed by atoms with E-state index in [1.54, 1.807) is 32.0 Å². The van der Waals surface area contributed by atoms with Crippen LogP contribution in [0.1, 0.15) is 5.56 Å². The molecule has 0 saturated heterocycles. The third-order valence-corrected chi connectivity index (χ3v) is 2.91. The van der Waals surface area contributed by atoms with Crippen LogP contribution >= 0.6 is 11.8 Å². The minimum atomic E-state index is -0.391. The van der Waals surface area contributed by atoms with Crippen LogP contribution in [-0.4, -0.2) is 26.4 Å². The number of methoxy groups -OCH3 is 2. The fourth-order valence-corrected chi connectivity index (χ4v) is 1.99. The van der Waals surface area contributed by atoms with Gasteiger partial charge in [-0.05, 0) is 18.4 Å². The highest BCUT2D eigenvalue weighted by molar-refractivity contribution is 7.98. The summed E-state index contributed by atoms with van der Waals surface area (Å²) in [6.45, 7) is 0. The van der Waals surface area contributed by atoms with Gasteiger partial charge in [-0.1, -0.05) is 0 Å². The molecule has 1 rings (SSSR count). The Labute approximate surface area is 99.1 Å². The van der Waals surface area contributed by atoms with Crippen LogP contribution in [0.5, 0.6) is 11.5 Å². The number of hydrogen-bond acceptors (Lipinski definition) is 4. The Bertz CT molecular complexity index is 393. The molecular formula is C11H15NO3S. The van der Waals surface area contributed by atoms with Crippen LogP contribution in [-0.2, 0) is 11.2 Å². The predicted molar refractivity (Wildman–Crippen MR) is 64.2 cm³/mol. The van der Waals surface area contributed by atoms with E-state index in [1.807, 2.05) is 12.3 Å². The Kier molecular flexibility index (Phi) is 4.49. The van der Waals surface area contributed by atoms with Crippen LogP contribution in [0.4, 0.5) is 0 Å². The molecule has 0 bridgehead atoms. The number of ether oxygens (including phenoxy) is 2. The largest absolute Gasteiger partial charge is 0.496 e. The summed E-state index contributed by atoms with van der Waals surface area (Å²) < 4.78 is 10.4. The number of thioether (sulfide) groups is 1. The van der Waals surface area contributed by atoms with Crippen molar-refractivity contribution in [3.8, 4) is 11.5 Å². The Morgan fingerprint density at radius 1 is 1.31 bits per heavy atom. The lowest BCUT2D eigenvalue weighted by molar-refractivity contribution is -0.117. The molecule has 0 aliphatic rings. The topological polar surface area (TPSA) is 61.6 Å². The van der Waals surface area contributed by atoms with Crippen molar-refractivity contribution in [2.45, 2.75) is 11.3 Å². The number of carbonyl (C=O) groups excluding carboxylic acids is 1. The minimum absolute atomic E-state index is 0.147. The lowest BCUT2D eigenvalue weighted by atomic mass is 10.1. The van der Waals surface area contributed by atoms with E-state index in [-0.39, 0.29) is 6.42 Å². The van der Waals surface area contributed by atoms with Crippen molar-refractivity contribution in [2.24, 2.45) is 5.73 Å². The summed E-state index contributed by atoms with van der Waals surface area (Å²) in [5.41, 5.74) is 5.91. The van der Waals surface area contributed by atoms with E-state index in [0.29, 0.717) is 5.75 Å². The van der Waals surface area contributed by atoms with Crippen LogP contribution in [0.2, 0.25) is 0 Å². The molecule has 1 amide bonds. The van der Waals surface area contributed by atoms with Gasteiger partial charge in [-0.3, -0.25) is 4.79 Å². The van der Waals surface area contributed by atoms with Crippen LogP contribution in [0.15, 0.2) is 17.0 Å². The number of hydrogen-bond donors (Lipinski definition) is 1. The Balaban J connectivity index is 3.20. The monoisotopic (exact) mass is 241 g/mol. The SMILES string of the molecule is COc1cc(SC)c(OC)cc1CC(N)=O. The van der Waals surface area contributed by atoms with Crippen molar-refractivity contribution >= 4 is 17.7 Å². The zero-order chi connectivity index (χ0) is 12.1. The molecule has 0 spiro atoms. The zero-order valence-corrected chi connectivity index (χ0v) is 10.4. The van der Waals surface area contributed by atoms with E-state index >= 15 is 0 Å². The third kappa shape index (κ3) is 2.82. The summed E-state index contributed by atoms with van der Waals surface area (Å²) in [4.78, 5) is 11.9. The van der Waals surface area contributed by atoms with Crippen molar-refractivity contribution in [3.05, 3.63) is 17.7 Å². The number of rotatable bonds is 5. The average molecular weight is 241 g/mol. The molecule has 1 aromatic rings. The molecule has 0 atom stereocenters. The molecule has 0 aromatic heterocycles. The van der Waals surface area contributed by atoms with E-state index in [4.69, 9.17) is 15.2 Å². The van der Waals surface area contributed by atoms with Gasteiger partial charge in [0.1, 0.15) is 11.5 Å². The zero-order valence-electron chi connectivity index (χ0n) is 9.57. The molecule has 0 heterocycles. The molecule has 1 aromatic carbocycles. The van der Waals surface area contributed by atoms with Crippen LogP contribution in [0.3, 0.4) is 0 Å². The fraction of sp³-hybridized carbons (Fsp3) is 0.364. The van der Waals surface area contributed by atoms with Crippen molar-refractivity contribution in [1.82, 2.24) is 0 Å². The standard InChI is InChI=1S/C11H15NO3S/c1-14-8-6-10(16-3)9(15-2)4-7(8)5-11(12)13/h4,6H,5H2,1-3H3,(H2,12,13). The molecular weight excluding hydrogens is 226 g/mol. The fourth-order valence-electron chi connectivity index (χ4n) is 1.42. The number of benzene rings is 1. The molecule has 0 fully saturated rings. The molecule has 4 nitrogen and oxygen atoms in total. The summed E-state index contributed by atoms with van der Waals surface area (Å²) in [6.07, 6.45) is 2.10. The normalized spacial score (nSPS) is 9.94. The lowest BCUT2D eigenvalue weighted by Crippen LogP contribution is -2.14. The summed E-state index contributed by atoms with van der Waals surface area (Å²) in [6, 6.07) is 3.64. The van der Waals surface area contributed by atoms with Gasteiger partial charge in [0.15, 0.2) is 0 Å². The minimum Gasteiger partial charge on any atom is -0.496 e. The molecule has 2 N–H and O–H groups in total. The number of amides is 1. The van der Waals surface area contributed by atoms with Crippen LogP contribution < -0.4 is 15.2 Å².